The lowest BCUT2D eigenvalue weighted by Crippen LogP contribution is -2.40. The zero-order valence-corrected chi connectivity index (χ0v) is 17.0. The summed E-state index contributed by atoms with van der Waals surface area (Å²) >= 11 is 0. The van der Waals surface area contributed by atoms with E-state index in [1.165, 1.54) is 18.5 Å². The van der Waals surface area contributed by atoms with E-state index in [9.17, 15) is 18.0 Å². The Labute approximate surface area is 181 Å². The Morgan fingerprint density at radius 1 is 1.12 bits per heavy atom. The number of carbonyl (C=O) groups excluding carboxylic acids is 1. The molecule has 5 rings (SSSR count). The smallest absolute Gasteiger partial charge is 0.416 e. The maximum absolute atomic E-state index is 13.2. The van der Waals surface area contributed by atoms with Gasteiger partial charge in [-0.25, -0.2) is 15.0 Å². The number of carbonyl (C=O) groups is 1. The number of hydrogen-bond acceptors (Lipinski definition) is 5. The number of H-pyrrole nitrogens is 1. The van der Waals surface area contributed by atoms with Crippen LogP contribution in [0, 0.1) is 0 Å². The second kappa shape index (κ2) is 7.92. The molecule has 2 aliphatic rings. The van der Waals surface area contributed by atoms with Gasteiger partial charge in [-0.2, -0.15) is 13.2 Å². The molecule has 1 amide bonds. The summed E-state index contributed by atoms with van der Waals surface area (Å²) in [7, 11) is 0. The predicted octanol–water partition coefficient (Wildman–Crippen LogP) is 4.02. The Hall–Kier alpha value is -3.43. The minimum atomic E-state index is -4.41. The molecule has 3 heterocycles. The van der Waals surface area contributed by atoms with Crippen molar-refractivity contribution in [3.63, 3.8) is 0 Å². The van der Waals surface area contributed by atoms with Crippen molar-refractivity contribution in [1.29, 1.82) is 0 Å². The van der Waals surface area contributed by atoms with E-state index in [1.54, 1.807) is 11.2 Å². The van der Waals surface area contributed by atoms with E-state index in [0.717, 1.165) is 48.3 Å². The van der Waals surface area contributed by atoms with Crippen molar-refractivity contribution in [2.24, 2.45) is 0 Å². The Balaban J connectivity index is 1.33. The fourth-order valence-electron chi connectivity index (χ4n) is 4.34. The highest BCUT2D eigenvalue weighted by atomic mass is 19.4. The van der Waals surface area contributed by atoms with Gasteiger partial charge in [-0.15, -0.1) is 0 Å². The minimum absolute atomic E-state index is 0.0347. The number of benzene rings is 1. The molecule has 10 heteroatoms. The zero-order valence-electron chi connectivity index (χ0n) is 17.0. The number of aryl methyl sites for hydroxylation is 1. The molecule has 1 atom stereocenters. The fourth-order valence-corrected chi connectivity index (χ4v) is 4.34. The maximum Gasteiger partial charge on any atom is 0.416 e. The van der Waals surface area contributed by atoms with Crippen LogP contribution < -0.4 is 4.74 Å². The number of hydrogen-bond donors (Lipinski definition) is 1. The average molecular weight is 443 g/mol. The highest BCUT2D eigenvalue weighted by molar-refractivity contribution is 5.84. The van der Waals surface area contributed by atoms with Crippen molar-refractivity contribution >= 4 is 5.91 Å². The molecule has 0 saturated heterocycles. The Morgan fingerprint density at radius 2 is 1.94 bits per heavy atom. The first-order chi connectivity index (χ1) is 15.4. The largest absolute Gasteiger partial charge is 0.439 e. The number of ether oxygens (including phenoxy) is 1. The number of aromatic nitrogens is 4. The molecule has 0 fully saturated rings. The summed E-state index contributed by atoms with van der Waals surface area (Å²) in [5, 5.41) is 0. The maximum atomic E-state index is 13.2. The van der Waals surface area contributed by atoms with Crippen LogP contribution in [0.5, 0.6) is 11.6 Å². The highest BCUT2D eigenvalue weighted by Gasteiger charge is 2.34. The van der Waals surface area contributed by atoms with Gasteiger partial charge in [-0.1, -0.05) is 0 Å². The standard InChI is InChI=1S/C22H20F3N5O2/c23-22(24,25)13-4-6-14(7-5-13)32-20-15-8-9-30(10-18(15)27-12-29-20)21(31)16-2-1-3-17-19(16)28-11-26-17/h4-7,11-12,16H,1-3,8-10H2,(H,26,28). The summed E-state index contributed by atoms with van der Waals surface area (Å²) in [5.41, 5.74) is 2.56. The zero-order chi connectivity index (χ0) is 22.3. The summed E-state index contributed by atoms with van der Waals surface area (Å²) in [5.74, 6) is 0.337. The summed E-state index contributed by atoms with van der Waals surface area (Å²) in [6, 6.07) is 4.47. The quantitative estimate of drug-likeness (QED) is 0.661. The van der Waals surface area contributed by atoms with Crippen molar-refractivity contribution in [1.82, 2.24) is 24.8 Å². The molecule has 2 aromatic heterocycles. The SMILES string of the molecule is O=C(C1CCCc2[nH]cnc21)N1CCc2c(ncnc2Oc2ccc(C(F)(F)F)cc2)C1. The van der Waals surface area contributed by atoms with Gasteiger partial charge in [0.15, 0.2) is 0 Å². The number of alkyl halides is 3. The monoisotopic (exact) mass is 443 g/mol. The van der Waals surface area contributed by atoms with Crippen LogP contribution in [-0.2, 0) is 30.4 Å². The number of rotatable bonds is 3. The van der Waals surface area contributed by atoms with Crippen molar-refractivity contribution in [2.45, 2.75) is 44.3 Å². The number of aromatic amines is 1. The molecule has 0 bridgehead atoms. The molecular weight excluding hydrogens is 423 g/mol. The van der Waals surface area contributed by atoms with Crippen LogP contribution >= 0.6 is 0 Å². The topological polar surface area (TPSA) is 84.0 Å². The van der Waals surface area contributed by atoms with E-state index in [1.807, 2.05) is 0 Å². The van der Waals surface area contributed by atoms with Crippen molar-refractivity contribution in [2.75, 3.05) is 6.54 Å². The lowest BCUT2D eigenvalue weighted by atomic mass is 9.88. The second-order valence-electron chi connectivity index (χ2n) is 7.95. The number of imidazole rings is 1. The Bertz CT molecular complexity index is 1140. The average Bonchev–Trinajstić information content (AvgIpc) is 3.27. The van der Waals surface area contributed by atoms with Crippen LogP contribution in [0.15, 0.2) is 36.9 Å². The predicted molar refractivity (Wildman–Crippen MR) is 107 cm³/mol. The number of nitrogens with one attached hydrogen (secondary N) is 1. The van der Waals surface area contributed by atoms with E-state index in [4.69, 9.17) is 4.74 Å². The highest BCUT2D eigenvalue weighted by Crippen LogP contribution is 2.35. The molecule has 1 aromatic carbocycles. The van der Waals surface area contributed by atoms with E-state index in [-0.39, 0.29) is 17.6 Å². The third-order valence-electron chi connectivity index (χ3n) is 5.97. The van der Waals surface area contributed by atoms with E-state index >= 15 is 0 Å². The Kier molecular flexibility index (Phi) is 5.07. The molecule has 1 N–H and O–H groups in total. The third-order valence-corrected chi connectivity index (χ3v) is 5.97. The molecule has 1 unspecified atom stereocenters. The van der Waals surface area contributed by atoms with Crippen LogP contribution in [0.1, 0.15) is 47.0 Å². The van der Waals surface area contributed by atoms with Gasteiger partial charge in [0.25, 0.3) is 0 Å². The van der Waals surface area contributed by atoms with Gasteiger partial charge in [-0.3, -0.25) is 4.79 Å². The van der Waals surface area contributed by atoms with Crippen LogP contribution in [0.4, 0.5) is 13.2 Å². The normalized spacial score (nSPS) is 18.1. The van der Waals surface area contributed by atoms with Gasteiger partial charge in [0.2, 0.25) is 11.8 Å². The first-order valence-electron chi connectivity index (χ1n) is 10.4. The van der Waals surface area contributed by atoms with Gasteiger partial charge in [-0.05, 0) is 49.9 Å². The lowest BCUT2D eigenvalue weighted by Gasteiger charge is -2.32. The molecule has 1 aliphatic heterocycles. The second-order valence-corrected chi connectivity index (χ2v) is 7.95. The molecule has 0 radical (unpaired) electrons. The molecular formula is C22H20F3N5O2. The summed E-state index contributed by atoms with van der Waals surface area (Å²) in [6.07, 6.45) is 1.68. The van der Waals surface area contributed by atoms with Crippen molar-refractivity contribution in [3.8, 4) is 11.6 Å². The van der Waals surface area contributed by atoms with Gasteiger partial charge >= 0.3 is 6.18 Å². The molecule has 166 valence electrons. The van der Waals surface area contributed by atoms with Crippen LogP contribution in [0.25, 0.3) is 0 Å². The van der Waals surface area contributed by atoms with Gasteiger partial charge in [0.1, 0.15) is 12.1 Å². The van der Waals surface area contributed by atoms with E-state index < -0.39 is 11.7 Å². The summed E-state index contributed by atoms with van der Waals surface area (Å²) < 4.78 is 44.1. The van der Waals surface area contributed by atoms with Crippen molar-refractivity contribution in [3.05, 3.63) is 65.1 Å². The number of fused-ring (bicyclic) bond motifs is 2. The summed E-state index contributed by atoms with van der Waals surface area (Å²) in [6.45, 7) is 0.815. The molecule has 3 aromatic rings. The van der Waals surface area contributed by atoms with Crippen LogP contribution in [-0.4, -0.2) is 37.3 Å². The first kappa shape index (κ1) is 20.5. The first-order valence-corrected chi connectivity index (χ1v) is 10.4. The third kappa shape index (κ3) is 3.80. The number of amides is 1. The fraction of sp³-hybridized carbons (Fsp3) is 0.364. The molecule has 1 aliphatic carbocycles. The molecule has 32 heavy (non-hydrogen) atoms. The molecule has 0 saturated carbocycles. The number of halogens is 3. The number of nitrogens with zero attached hydrogens (tertiary/aromatic N) is 4. The van der Waals surface area contributed by atoms with Gasteiger partial charge < -0.3 is 14.6 Å². The minimum Gasteiger partial charge on any atom is -0.439 e. The van der Waals surface area contributed by atoms with Crippen molar-refractivity contribution < 1.29 is 22.7 Å². The van der Waals surface area contributed by atoms with E-state index in [0.29, 0.717) is 31.1 Å². The van der Waals surface area contributed by atoms with Crippen LogP contribution in [0.2, 0.25) is 0 Å². The van der Waals surface area contributed by atoms with Crippen LogP contribution in [0.3, 0.4) is 0 Å². The summed E-state index contributed by atoms with van der Waals surface area (Å²) in [4.78, 5) is 31.0. The molecule has 7 nitrogen and oxygen atoms in total. The Morgan fingerprint density at radius 3 is 2.72 bits per heavy atom. The molecule has 0 spiro atoms. The lowest BCUT2D eigenvalue weighted by molar-refractivity contribution is -0.137. The van der Waals surface area contributed by atoms with E-state index in [2.05, 4.69) is 19.9 Å². The van der Waals surface area contributed by atoms with Gasteiger partial charge in [0, 0.05) is 17.8 Å². The van der Waals surface area contributed by atoms with Gasteiger partial charge in [0.05, 0.1) is 35.7 Å².